The maximum absolute atomic E-state index is 11.1. The number of hydrogen-bond acceptors (Lipinski definition) is 5. The van der Waals surface area contributed by atoms with Gasteiger partial charge in [0.15, 0.2) is 0 Å². The Bertz CT molecular complexity index is 894. The van der Waals surface area contributed by atoms with E-state index in [0.717, 1.165) is 25.7 Å². The van der Waals surface area contributed by atoms with Gasteiger partial charge < -0.3 is 19.5 Å². The van der Waals surface area contributed by atoms with Crippen molar-refractivity contribution in [3.8, 4) is 11.8 Å². The number of nitrogens with one attached hydrogen (secondary N) is 1. The number of carbonyl (C=O) groups excluding carboxylic acids is 1. The van der Waals surface area contributed by atoms with Crippen molar-refractivity contribution in [2.24, 2.45) is 7.05 Å². The van der Waals surface area contributed by atoms with Gasteiger partial charge >= 0.3 is 0 Å². The zero-order valence-electron chi connectivity index (χ0n) is 17.8. The van der Waals surface area contributed by atoms with E-state index >= 15 is 0 Å². The van der Waals surface area contributed by atoms with Crippen LogP contribution >= 0.6 is 23.2 Å². The summed E-state index contributed by atoms with van der Waals surface area (Å²) in [6, 6.07) is 2.19. The van der Waals surface area contributed by atoms with Crippen LogP contribution in [0.2, 0.25) is 10.0 Å². The second-order valence-electron chi connectivity index (χ2n) is 7.71. The summed E-state index contributed by atoms with van der Waals surface area (Å²) in [7, 11) is 1.86. The number of rotatable bonds is 8. The van der Waals surface area contributed by atoms with Gasteiger partial charge in [-0.25, -0.2) is 0 Å². The van der Waals surface area contributed by atoms with Crippen LogP contribution in [0.1, 0.15) is 46.5 Å². The minimum absolute atomic E-state index is 0.00699. The Balaban J connectivity index is 1.61. The average Bonchev–Trinajstić information content (AvgIpc) is 3.02. The lowest BCUT2D eigenvalue weighted by Crippen LogP contribution is -2.37. The van der Waals surface area contributed by atoms with Crippen molar-refractivity contribution in [1.29, 1.82) is 0 Å². The maximum atomic E-state index is 11.1. The van der Waals surface area contributed by atoms with Gasteiger partial charge in [0.2, 0.25) is 5.91 Å². The van der Waals surface area contributed by atoms with Gasteiger partial charge in [0.1, 0.15) is 22.4 Å². The topological polar surface area (TPSA) is 74.6 Å². The summed E-state index contributed by atoms with van der Waals surface area (Å²) in [4.78, 5) is 15.7. The quantitative estimate of drug-likeness (QED) is 0.630. The molecule has 166 valence electrons. The monoisotopic (exact) mass is 457 g/mol. The highest BCUT2D eigenvalue weighted by Gasteiger charge is 2.26. The number of imidazole rings is 1. The first-order chi connectivity index (χ1) is 14.3. The molecule has 1 aromatic heterocycles. The van der Waals surface area contributed by atoms with Gasteiger partial charge in [-0.05, 0) is 39.5 Å². The zero-order valence-corrected chi connectivity index (χ0v) is 19.3. The van der Waals surface area contributed by atoms with Crippen molar-refractivity contribution < 1.29 is 19.0 Å². The molecule has 7 nitrogen and oxygen atoms in total. The van der Waals surface area contributed by atoms with Gasteiger partial charge in [-0.2, -0.15) is 4.98 Å². The van der Waals surface area contributed by atoms with E-state index in [1.165, 1.54) is 6.92 Å². The highest BCUT2D eigenvalue weighted by Crippen LogP contribution is 2.39. The van der Waals surface area contributed by atoms with Crippen LogP contribution in [0.3, 0.4) is 0 Å². The van der Waals surface area contributed by atoms with Crippen LogP contribution in [-0.2, 0) is 16.6 Å². The number of carbonyl (C=O) groups is 1. The number of halogens is 2. The molecule has 0 radical (unpaired) electrons. The number of ether oxygens (including phenoxy) is 3. The van der Waals surface area contributed by atoms with Crippen LogP contribution in [0.25, 0.3) is 11.0 Å². The van der Waals surface area contributed by atoms with Gasteiger partial charge in [0.25, 0.3) is 6.01 Å². The molecular weight excluding hydrogens is 429 g/mol. The molecule has 1 fully saturated rings. The minimum atomic E-state index is -0.0424. The first-order valence-corrected chi connectivity index (χ1v) is 11.1. The normalized spacial score (nSPS) is 20.2. The van der Waals surface area contributed by atoms with Gasteiger partial charge in [0, 0.05) is 26.1 Å². The summed E-state index contributed by atoms with van der Waals surface area (Å²) in [5.41, 5.74) is 1.30. The molecule has 0 spiro atoms. The number of nitrogens with zero attached hydrogens (tertiary/aromatic N) is 2. The van der Waals surface area contributed by atoms with Gasteiger partial charge in [0.05, 0.1) is 29.9 Å². The zero-order chi connectivity index (χ0) is 21.8. The summed E-state index contributed by atoms with van der Waals surface area (Å²) in [5, 5.41) is 3.79. The molecule has 2 aromatic rings. The highest BCUT2D eigenvalue weighted by atomic mass is 35.5. The van der Waals surface area contributed by atoms with E-state index in [0.29, 0.717) is 46.1 Å². The third kappa shape index (κ3) is 5.31. The fourth-order valence-electron chi connectivity index (χ4n) is 3.76. The summed E-state index contributed by atoms with van der Waals surface area (Å²) in [6.45, 7) is 6.36. The Kier molecular flexibility index (Phi) is 7.71. The second kappa shape index (κ2) is 10.1. The van der Waals surface area contributed by atoms with Crippen LogP contribution in [0.4, 0.5) is 0 Å². The molecule has 0 aliphatic heterocycles. The Morgan fingerprint density at radius 2 is 1.97 bits per heavy atom. The molecule has 0 bridgehead atoms. The number of benzene rings is 1. The van der Waals surface area contributed by atoms with Crippen molar-refractivity contribution in [3.63, 3.8) is 0 Å². The van der Waals surface area contributed by atoms with E-state index in [9.17, 15) is 4.79 Å². The van der Waals surface area contributed by atoms with E-state index in [1.54, 1.807) is 6.07 Å². The summed E-state index contributed by atoms with van der Waals surface area (Å²) in [5.74, 6) is 0.497. The van der Waals surface area contributed by atoms with E-state index in [2.05, 4.69) is 10.3 Å². The molecule has 1 atom stereocenters. The Hall–Kier alpha value is -1.70. The van der Waals surface area contributed by atoms with Gasteiger partial charge in [-0.15, -0.1) is 0 Å². The molecule has 3 rings (SSSR count). The largest absolute Gasteiger partial charge is 0.492 e. The molecule has 1 saturated carbocycles. The second-order valence-corrected chi connectivity index (χ2v) is 8.49. The first kappa shape index (κ1) is 23.0. The Morgan fingerprint density at radius 3 is 2.60 bits per heavy atom. The fourth-order valence-corrected chi connectivity index (χ4v) is 4.32. The maximum Gasteiger partial charge on any atom is 0.297 e. The van der Waals surface area contributed by atoms with E-state index in [4.69, 9.17) is 37.4 Å². The summed E-state index contributed by atoms with van der Waals surface area (Å²) in [6.07, 6.45) is 3.77. The van der Waals surface area contributed by atoms with Crippen LogP contribution in [0.15, 0.2) is 6.07 Å². The smallest absolute Gasteiger partial charge is 0.297 e. The third-order valence-corrected chi connectivity index (χ3v) is 5.84. The number of fused-ring (bicyclic) bond motifs is 1. The Labute approximate surface area is 187 Å². The predicted octanol–water partition coefficient (Wildman–Crippen LogP) is 4.51. The van der Waals surface area contributed by atoms with Crippen LogP contribution < -0.4 is 14.8 Å². The number of aryl methyl sites for hydroxylation is 1. The average molecular weight is 458 g/mol. The van der Waals surface area contributed by atoms with Gasteiger partial charge in [-0.3, -0.25) is 9.36 Å². The lowest BCUT2D eigenvalue weighted by molar-refractivity contribution is -0.120. The molecule has 30 heavy (non-hydrogen) atoms. The van der Waals surface area contributed by atoms with Crippen molar-refractivity contribution in [3.05, 3.63) is 16.1 Å². The molecule has 1 aliphatic rings. The van der Waals surface area contributed by atoms with Crippen LogP contribution in [0.5, 0.6) is 11.8 Å². The molecule has 0 saturated heterocycles. The molecule has 1 aliphatic carbocycles. The predicted molar refractivity (Wildman–Crippen MR) is 118 cm³/mol. The first-order valence-electron chi connectivity index (χ1n) is 10.3. The van der Waals surface area contributed by atoms with Crippen molar-refractivity contribution >= 4 is 40.1 Å². The highest BCUT2D eigenvalue weighted by molar-refractivity contribution is 6.40. The van der Waals surface area contributed by atoms with Crippen LogP contribution in [-0.4, -0.2) is 46.9 Å². The number of amides is 1. The van der Waals surface area contributed by atoms with E-state index in [-0.39, 0.29) is 24.2 Å². The molecule has 1 amide bonds. The summed E-state index contributed by atoms with van der Waals surface area (Å²) < 4.78 is 19.5. The lowest BCUT2D eigenvalue weighted by atomic mass is 9.95. The third-order valence-electron chi connectivity index (χ3n) is 5.19. The van der Waals surface area contributed by atoms with E-state index in [1.807, 2.05) is 25.5 Å². The lowest BCUT2D eigenvalue weighted by Gasteiger charge is -2.29. The minimum Gasteiger partial charge on any atom is -0.492 e. The van der Waals surface area contributed by atoms with Crippen LogP contribution in [0, 0.1) is 0 Å². The molecule has 1 N–H and O–H groups in total. The number of hydrogen-bond donors (Lipinski definition) is 1. The summed E-state index contributed by atoms with van der Waals surface area (Å²) >= 11 is 12.9. The molecule has 9 heteroatoms. The van der Waals surface area contributed by atoms with Crippen molar-refractivity contribution in [2.75, 3.05) is 13.2 Å². The van der Waals surface area contributed by atoms with E-state index < -0.39 is 0 Å². The fraction of sp³-hybridized carbons (Fsp3) is 0.619. The SMILES string of the molecule is CCOc1cc(Cl)c2nc(O[C@H]3CC[C@H](OC[C@H](C)NC(C)=O)CC3)n(C)c2c1Cl. The molecule has 1 aromatic carbocycles. The standard InChI is InChI=1S/C21H29Cl2N3O4/c1-5-28-17-10-16(22)19-20(18(17)23)26(4)21(25-19)30-15-8-6-14(7-9-15)29-11-12(2)24-13(3)27/h10,12,14-15H,5-9,11H2,1-4H3,(H,24,27)/t12-,14-,15-/m0/s1. The van der Waals surface area contributed by atoms with Crippen molar-refractivity contribution in [2.45, 2.75) is 64.7 Å². The Morgan fingerprint density at radius 1 is 1.30 bits per heavy atom. The number of aromatic nitrogens is 2. The van der Waals surface area contributed by atoms with Gasteiger partial charge in [-0.1, -0.05) is 23.2 Å². The molecule has 0 unspecified atom stereocenters. The van der Waals surface area contributed by atoms with Crippen molar-refractivity contribution in [1.82, 2.24) is 14.9 Å². The molecular formula is C21H29Cl2N3O4. The molecule has 1 heterocycles.